The Labute approximate surface area is 182 Å². The number of carbonyl (C=O) groups excluding carboxylic acids is 1. The van der Waals surface area contributed by atoms with Gasteiger partial charge in [0.05, 0.1) is 11.6 Å². The predicted molar refractivity (Wildman–Crippen MR) is 112 cm³/mol. The first-order chi connectivity index (χ1) is 15.6. The fraction of sp³-hybridized carbons (Fsp3) is 0.217. The average Bonchev–Trinajstić information content (AvgIpc) is 3.50. The fourth-order valence-electron chi connectivity index (χ4n) is 3.84. The summed E-state index contributed by atoms with van der Waals surface area (Å²) in [5.41, 5.74) is 2.29. The number of halogens is 2. The summed E-state index contributed by atoms with van der Waals surface area (Å²) in [6.07, 6.45) is 1.61. The van der Waals surface area contributed by atoms with Crippen LogP contribution in [0, 0.1) is 11.6 Å². The summed E-state index contributed by atoms with van der Waals surface area (Å²) in [5.74, 6) is -0.151. The highest BCUT2D eigenvalue weighted by Crippen LogP contribution is 2.29. The number of likely N-dealkylation sites (tertiary alicyclic amines) is 1. The van der Waals surface area contributed by atoms with Gasteiger partial charge in [-0.25, -0.2) is 8.78 Å². The Kier molecular flexibility index (Phi) is 5.22. The van der Waals surface area contributed by atoms with Crippen molar-refractivity contribution in [3.63, 3.8) is 0 Å². The summed E-state index contributed by atoms with van der Waals surface area (Å²) < 4.78 is 32.1. The number of aromatic nitrogens is 4. The number of H-pyrrole nitrogens is 1. The molecule has 2 aromatic heterocycles. The van der Waals surface area contributed by atoms with Crippen molar-refractivity contribution in [3.05, 3.63) is 77.8 Å². The molecule has 1 atom stereocenters. The lowest BCUT2D eigenvalue weighted by Crippen LogP contribution is -2.39. The minimum atomic E-state index is -0.337. The van der Waals surface area contributed by atoms with E-state index in [1.807, 2.05) is 0 Å². The molecule has 4 aromatic rings. The van der Waals surface area contributed by atoms with Crippen molar-refractivity contribution >= 4 is 5.91 Å². The van der Waals surface area contributed by atoms with E-state index in [0.29, 0.717) is 41.8 Å². The molecule has 1 aliphatic rings. The lowest BCUT2D eigenvalue weighted by atomic mass is 9.97. The number of hydrogen-bond donors (Lipinski definition) is 1. The Hall–Kier alpha value is -3.88. The van der Waals surface area contributed by atoms with E-state index in [-0.39, 0.29) is 23.5 Å². The number of amides is 1. The van der Waals surface area contributed by atoms with Gasteiger partial charge in [-0.15, -0.1) is 10.2 Å². The summed E-state index contributed by atoms with van der Waals surface area (Å²) >= 11 is 0. The van der Waals surface area contributed by atoms with Crippen LogP contribution in [0.15, 0.2) is 59.0 Å². The SMILES string of the molecule is O=C(c1cc(-c2ccc(F)cc2)n[nH]1)N1CCCC(c2nnc(-c3ccc(F)cc3)o2)C1. The summed E-state index contributed by atoms with van der Waals surface area (Å²) in [5, 5.41) is 15.2. The minimum Gasteiger partial charge on any atom is -0.420 e. The lowest BCUT2D eigenvalue weighted by molar-refractivity contribution is 0.0692. The van der Waals surface area contributed by atoms with Gasteiger partial charge in [0.25, 0.3) is 5.91 Å². The molecule has 0 saturated carbocycles. The number of nitrogens with one attached hydrogen (secondary N) is 1. The summed E-state index contributed by atoms with van der Waals surface area (Å²) in [6.45, 7) is 1.05. The van der Waals surface area contributed by atoms with Gasteiger partial charge in [-0.2, -0.15) is 5.10 Å². The van der Waals surface area contributed by atoms with Crippen LogP contribution in [0.4, 0.5) is 8.78 Å². The molecule has 162 valence electrons. The molecule has 2 aromatic carbocycles. The van der Waals surface area contributed by atoms with Crippen molar-refractivity contribution in [2.75, 3.05) is 13.1 Å². The zero-order valence-corrected chi connectivity index (χ0v) is 17.0. The first-order valence-corrected chi connectivity index (χ1v) is 10.3. The third-order valence-corrected chi connectivity index (χ3v) is 5.54. The second-order valence-corrected chi connectivity index (χ2v) is 7.72. The van der Waals surface area contributed by atoms with Gasteiger partial charge in [-0.3, -0.25) is 9.89 Å². The summed E-state index contributed by atoms with van der Waals surface area (Å²) in [4.78, 5) is 14.8. The minimum absolute atomic E-state index is 0.0890. The molecule has 1 N–H and O–H groups in total. The average molecular weight is 435 g/mol. The molecular formula is C23H19F2N5O2. The Morgan fingerprint density at radius 3 is 2.41 bits per heavy atom. The van der Waals surface area contributed by atoms with Gasteiger partial charge in [0.15, 0.2) is 0 Å². The van der Waals surface area contributed by atoms with Gasteiger partial charge in [0.1, 0.15) is 17.3 Å². The highest BCUT2D eigenvalue weighted by atomic mass is 19.1. The Morgan fingerprint density at radius 2 is 1.69 bits per heavy atom. The van der Waals surface area contributed by atoms with Crippen LogP contribution in [-0.4, -0.2) is 44.3 Å². The van der Waals surface area contributed by atoms with Crippen LogP contribution in [-0.2, 0) is 0 Å². The molecule has 1 saturated heterocycles. The van der Waals surface area contributed by atoms with E-state index in [1.54, 1.807) is 35.2 Å². The van der Waals surface area contributed by atoms with Gasteiger partial charge in [-0.1, -0.05) is 0 Å². The number of piperidine rings is 1. The molecule has 1 fully saturated rings. The van der Waals surface area contributed by atoms with E-state index in [1.165, 1.54) is 24.3 Å². The van der Waals surface area contributed by atoms with Gasteiger partial charge in [0, 0.05) is 24.2 Å². The van der Waals surface area contributed by atoms with E-state index in [2.05, 4.69) is 20.4 Å². The Bertz CT molecular complexity index is 1230. The van der Waals surface area contributed by atoms with Crippen LogP contribution < -0.4 is 0 Å². The monoisotopic (exact) mass is 435 g/mol. The molecule has 7 nitrogen and oxygen atoms in total. The topological polar surface area (TPSA) is 87.9 Å². The quantitative estimate of drug-likeness (QED) is 0.513. The summed E-state index contributed by atoms with van der Waals surface area (Å²) in [7, 11) is 0. The van der Waals surface area contributed by atoms with Crippen LogP contribution in [0.5, 0.6) is 0 Å². The molecular weight excluding hydrogens is 416 g/mol. The molecule has 0 aliphatic carbocycles. The van der Waals surface area contributed by atoms with Crippen molar-refractivity contribution in [2.24, 2.45) is 0 Å². The molecule has 3 heterocycles. The standard InChI is InChI=1S/C23H19F2N5O2/c24-17-7-3-14(4-8-17)19-12-20(27-26-19)23(31)30-11-1-2-16(13-30)22-29-28-21(32-22)15-5-9-18(25)10-6-15/h3-10,12,16H,1-2,11,13H2,(H,26,27). The smallest absolute Gasteiger partial charge is 0.271 e. The molecule has 5 rings (SSSR count). The second kappa shape index (κ2) is 8.33. The largest absolute Gasteiger partial charge is 0.420 e. The van der Waals surface area contributed by atoms with E-state index >= 15 is 0 Å². The van der Waals surface area contributed by atoms with E-state index in [4.69, 9.17) is 4.42 Å². The van der Waals surface area contributed by atoms with Crippen LogP contribution >= 0.6 is 0 Å². The van der Waals surface area contributed by atoms with Crippen molar-refractivity contribution in [3.8, 4) is 22.7 Å². The Morgan fingerprint density at radius 1 is 1.00 bits per heavy atom. The molecule has 1 amide bonds. The predicted octanol–water partition coefficient (Wildman–Crippen LogP) is 4.42. The number of aromatic amines is 1. The number of hydrogen-bond acceptors (Lipinski definition) is 5. The normalized spacial score (nSPS) is 16.3. The summed E-state index contributed by atoms with van der Waals surface area (Å²) in [6, 6.07) is 13.4. The zero-order valence-electron chi connectivity index (χ0n) is 17.0. The zero-order chi connectivity index (χ0) is 22.1. The van der Waals surface area contributed by atoms with Crippen LogP contribution in [0.3, 0.4) is 0 Å². The number of benzene rings is 2. The van der Waals surface area contributed by atoms with E-state index in [9.17, 15) is 13.6 Å². The molecule has 9 heteroatoms. The molecule has 1 unspecified atom stereocenters. The van der Waals surface area contributed by atoms with Crippen LogP contribution in [0.2, 0.25) is 0 Å². The maximum absolute atomic E-state index is 13.1. The van der Waals surface area contributed by atoms with Crippen molar-refractivity contribution in [2.45, 2.75) is 18.8 Å². The van der Waals surface area contributed by atoms with Crippen LogP contribution in [0.25, 0.3) is 22.7 Å². The number of carbonyl (C=O) groups is 1. The highest BCUT2D eigenvalue weighted by molar-refractivity contribution is 5.93. The maximum atomic E-state index is 13.1. The lowest BCUT2D eigenvalue weighted by Gasteiger charge is -2.30. The second-order valence-electron chi connectivity index (χ2n) is 7.72. The first-order valence-electron chi connectivity index (χ1n) is 10.3. The van der Waals surface area contributed by atoms with E-state index < -0.39 is 0 Å². The number of rotatable bonds is 4. The van der Waals surface area contributed by atoms with Crippen molar-refractivity contribution in [1.29, 1.82) is 0 Å². The molecule has 32 heavy (non-hydrogen) atoms. The van der Waals surface area contributed by atoms with Crippen LogP contribution in [0.1, 0.15) is 35.1 Å². The first kappa shape index (κ1) is 20.0. The fourth-order valence-corrected chi connectivity index (χ4v) is 3.84. The number of nitrogens with zero attached hydrogens (tertiary/aromatic N) is 4. The van der Waals surface area contributed by atoms with Gasteiger partial charge in [-0.05, 0) is 67.4 Å². The highest BCUT2D eigenvalue weighted by Gasteiger charge is 2.30. The molecule has 0 spiro atoms. The third-order valence-electron chi connectivity index (χ3n) is 5.54. The van der Waals surface area contributed by atoms with Crippen molar-refractivity contribution < 1.29 is 18.0 Å². The molecule has 0 radical (unpaired) electrons. The van der Waals surface area contributed by atoms with Gasteiger partial charge in [0.2, 0.25) is 11.8 Å². The Balaban J connectivity index is 1.29. The molecule has 0 bridgehead atoms. The van der Waals surface area contributed by atoms with E-state index in [0.717, 1.165) is 18.4 Å². The molecule has 1 aliphatic heterocycles. The van der Waals surface area contributed by atoms with Gasteiger partial charge >= 0.3 is 0 Å². The van der Waals surface area contributed by atoms with Crippen molar-refractivity contribution in [1.82, 2.24) is 25.3 Å². The van der Waals surface area contributed by atoms with Gasteiger partial charge < -0.3 is 9.32 Å². The third kappa shape index (κ3) is 4.01. The maximum Gasteiger partial charge on any atom is 0.271 e.